The summed E-state index contributed by atoms with van der Waals surface area (Å²) in [5.74, 6) is -1.43. The Morgan fingerprint density at radius 1 is 1.35 bits per heavy atom. The van der Waals surface area contributed by atoms with Crippen LogP contribution in [0.4, 0.5) is 5.69 Å². The second kappa shape index (κ2) is 6.18. The van der Waals surface area contributed by atoms with Crippen LogP contribution in [0, 0.1) is 0 Å². The molecule has 1 fully saturated rings. The topological polar surface area (TPSA) is 72.9 Å². The fraction of sp³-hybridized carbons (Fsp3) is 0.357. The van der Waals surface area contributed by atoms with Gasteiger partial charge in [-0.3, -0.25) is 14.5 Å². The van der Waals surface area contributed by atoms with Crippen LogP contribution in [-0.4, -0.2) is 37.1 Å². The molecular formula is C14H15NO5. The van der Waals surface area contributed by atoms with Crippen molar-refractivity contribution in [3.05, 3.63) is 30.3 Å². The molecule has 0 spiro atoms. The van der Waals surface area contributed by atoms with Crippen LogP contribution >= 0.6 is 0 Å². The largest absolute Gasteiger partial charge is 0.464 e. The van der Waals surface area contributed by atoms with Gasteiger partial charge in [-0.25, -0.2) is 4.79 Å². The molecule has 0 bridgehead atoms. The van der Waals surface area contributed by atoms with Gasteiger partial charge in [-0.15, -0.1) is 0 Å². The van der Waals surface area contributed by atoms with Gasteiger partial charge < -0.3 is 9.47 Å². The van der Waals surface area contributed by atoms with Crippen molar-refractivity contribution in [3.63, 3.8) is 0 Å². The molecule has 1 saturated heterocycles. The van der Waals surface area contributed by atoms with Crippen molar-refractivity contribution in [2.75, 3.05) is 18.1 Å². The van der Waals surface area contributed by atoms with Gasteiger partial charge in [0, 0.05) is 19.0 Å². The fourth-order valence-corrected chi connectivity index (χ4v) is 2.04. The van der Waals surface area contributed by atoms with Gasteiger partial charge in [-0.05, 0) is 12.1 Å². The number of ether oxygens (including phenoxy) is 2. The molecule has 6 nitrogen and oxygen atoms in total. The number of hydrogen-bond donors (Lipinski definition) is 0. The molecule has 1 aliphatic heterocycles. The van der Waals surface area contributed by atoms with E-state index in [9.17, 15) is 14.4 Å². The maximum absolute atomic E-state index is 12.2. The van der Waals surface area contributed by atoms with Crippen LogP contribution in [-0.2, 0) is 23.9 Å². The summed E-state index contributed by atoms with van der Waals surface area (Å²) in [4.78, 5) is 36.1. The molecule has 0 N–H and O–H groups in total. The van der Waals surface area contributed by atoms with Crippen LogP contribution in [0.5, 0.6) is 0 Å². The number of amides is 1. The lowest BCUT2D eigenvalue weighted by atomic mass is 10.1. The molecule has 1 aromatic carbocycles. The highest BCUT2D eigenvalue weighted by molar-refractivity contribution is 6.01. The van der Waals surface area contributed by atoms with Crippen molar-refractivity contribution < 1.29 is 23.9 Å². The monoisotopic (exact) mass is 277 g/mol. The number of anilines is 1. The van der Waals surface area contributed by atoms with Crippen LogP contribution in [0.25, 0.3) is 0 Å². The molecule has 0 saturated carbocycles. The first kappa shape index (κ1) is 14.0. The Bertz CT molecular complexity index is 514. The third-order valence-electron chi connectivity index (χ3n) is 2.92. The first-order chi connectivity index (χ1) is 9.59. The lowest BCUT2D eigenvalue weighted by molar-refractivity contribution is -0.146. The third-order valence-corrected chi connectivity index (χ3v) is 2.92. The number of nitrogens with zero attached hydrogens (tertiary/aromatic N) is 1. The molecule has 1 atom stereocenters. The van der Waals surface area contributed by atoms with Gasteiger partial charge in [-0.1, -0.05) is 18.2 Å². The Hall–Kier alpha value is -2.37. The standard InChI is InChI=1S/C14H15NO5/c1-10(16)20-9-13(17)15(11-5-3-2-4-6-11)12-7-8-19-14(12)18/h2-6,12H,7-9H2,1H3. The van der Waals surface area contributed by atoms with Gasteiger partial charge in [0.05, 0.1) is 6.61 Å². The van der Waals surface area contributed by atoms with Crippen LogP contribution in [0.3, 0.4) is 0 Å². The molecule has 1 aliphatic rings. The van der Waals surface area contributed by atoms with Gasteiger partial charge >= 0.3 is 11.9 Å². The molecule has 0 radical (unpaired) electrons. The minimum Gasteiger partial charge on any atom is -0.464 e. The second-order valence-corrected chi connectivity index (χ2v) is 4.35. The summed E-state index contributed by atoms with van der Waals surface area (Å²) < 4.78 is 9.62. The molecule has 2 rings (SSSR count). The molecular weight excluding hydrogens is 262 g/mol. The lowest BCUT2D eigenvalue weighted by Gasteiger charge is -2.26. The second-order valence-electron chi connectivity index (χ2n) is 4.35. The normalized spacial score (nSPS) is 17.4. The van der Waals surface area contributed by atoms with Gasteiger partial charge in [0.2, 0.25) is 0 Å². The maximum atomic E-state index is 12.2. The van der Waals surface area contributed by atoms with Crippen LogP contribution < -0.4 is 4.90 Å². The van der Waals surface area contributed by atoms with Gasteiger partial charge in [0.25, 0.3) is 5.91 Å². The molecule has 1 unspecified atom stereocenters. The Morgan fingerprint density at radius 3 is 2.60 bits per heavy atom. The Balaban J connectivity index is 2.22. The zero-order valence-corrected chi connectivity index (χ0v) is 11.1. The number of para-hydroxylation sites is 1. The number of hydrogen-bond acceptors (Lipinski definition) is 5. The van der Waals surface area contributed by atoms with E-state index >= 15 is 0 Å². The fourth-order valence-electron chi connectivity index (χ4n) is 2.04. The highest BCUT2D eigenvalue weighted by Gasteiger charge is 2.36. The van der Waals surface area contributed by atoms with E-state index in [0.717, 1.165) is 0 Å². The van der Waals surface area contributed by atoms with E-state index in [-0.39, 0.29) is 6.61 Å². The summed E-state index contributed by atoms with van der Waals surface area (Å²) >= 11 is 0. The number of benzene rings is 1. The van der Waals surface area contributed by atoms with Gasteiger partial charge in [0.1, 0.15) is 6.04 Å². The van der Waals surface area contributed by atoms with E-state index < -0.39 is 30.5 Å². The maximum Gasteiger partial charge on any atom is 0.329 e. The van der Waals surface area contributed by atoms with Crippen molar-refractivity contribution in [2.45, 2.75) is 19.4 Å². The molecule has 20 heavy (non-hydrogen) atoms. The number of esters is 2. The molecule has 1 heterocycles. The molecule has 0 aliphatic carbocycles. The average molecular weight is 277 g/mol. The minimum absolute atomic E-state index is 0.285. The van der Waals surface area contributed by atoms with E-state index in [1.807, 2.05) is 6.07 Å². The zero-order chi connectivity index (χ0) is 14.5. The summed E-state index contributed by atoms with van der Waals surface area (Å²) in [7, 11) is 0. The van der Waals surface area contributed by atoms with E-state index in [2.05, 4.69) is 0 Å². The van der Waals surface area contributed by atoms with E-state index in [1.165, 1.54) is 11.8 Å². The first-order valence-electron chi connectivity index (χ1n) is 6.26. The summed E-state index contributed by atoms with van der Waals surface area (Å²) in [6.07, 6.45) is 0.430. The average Bonchev–Trinajstić information content (AvgIpc) is 2.84. The highest BCUT2D eigenvalue weighted by atomic mass is 16.5. The summed E-state index contributed by atoms with van der Waals surface area (Å²) in [5.41, 5.74) is 0.577. The number of carbonyl (C=O) groups is 3. The van der Waals surface area contributed by atoms with E-state index in [0.29, 0.717) is 12.1 Å². The highest BCUT2D eigenvalue weighted by Crippen LogP contribution is 2.22. The Kier molecular flexibility index (Phi) is 4.34. The van der Waals surface area contributed by atoms with Crippen LogP contribution in [0.15, 0.2) is 30.3 Å². The third kappa shape index (κ3) is 3.14. The van der Waals surface area contributed by atoms with Crippen molar-refractivity contribution in [2.24, 2.45) is 0 Å². The van der Waals surface area contributed by atoms with E-state index in [1.54, 1.807) is 24.3 Å². The predicted octanol–water partition coefficient (Wildman–Crippen LogP) is 0.898. The Labute approximate surface area is 116 Å². The smallest absolute Gasteiger partial charge is 0.329 e. The lowest BCUT2D eigenvalue weighted by Crippen LogP contribution is -2.45. The Morgan fingerprint density at radius 2 is 2.05 bits per heavy atom. The van der Waals surface area contributed by atoms with Crippen molar-refractivity contribution in [3.8, 4) is 0 Å². The summed E-state index contributed by atoms with van der Waals surface area (Å²) in [6.45, 7) is 1.12. The molecule has 0 aromatic heterocycles. The molecule has 6 heteroatoms. The summed E-state index contributed by atoms with van der Waals surface area (Å²) in [6, 6.07) is 8.11. The van der Waals surface area contributed by atoms with Gasteiger partial charge in [0.15, 0.2) is 6.61 Å². The van der Waals surface area contributed by atoms with E-state index in [4.69, 9.17) is 9.47 Å². The quantitative estimate of drug-likeness (QED) is 0.764. The van der Waals surface area contributed by atoms with Crippen molar-refractivity contribution in [1.29, 1.82) is 0 Å². The number of carbonyl (C=O) groups excluding carboxylic acids is 3. The minimum atomic E-state index is -0.666. The van der Waals surface area contributed by atoms with Crippen molar-refractivity contribution in [1.82, 2.24) is 0 Å². The summed E-state index contributed by atoms with van der Waals surface area (Å²) in [5, 5.41) is 0. The predicted molar refractivity (Wildman–Crippen MR) is 69.9 cm³/mol. The number of cyclic esters (lactones) is 1. The zero-order valence-electron chi connectivity index (χ0n) is 11.1. The van der Waals surface area contributed by atoms with Gasteiger partial charge in [-0.2, -0.15) is 0 Å². The molecule has 1 amide bonds. The van der Waals surface area contributed by atoms with Crippen molar-refractivity contribution >= 4 is 23.5 Å². The first-order valence-corrected chi connectivity index (χ1v) is 6.26. The SMILES string of the molecule is CC(=O)OCC(=O)N(c1ccccc1)C1CCOC1=O. The molecule has 1 aromatic rings. The van der Waals surface area contributed by atoms with Crippen LogP contribution in [0.1, 0.15) is 13.3 Å². The van der Waals surface area contributed by atoms with Crippen LogP contribution in [0.2, 0.25) is 0 Å². The molecule has 106 valence electrons. The number of rotatable bonds is 4.